The molecule has 0 spiro atoms. The van der Waals surface area contributed by atoms with Crippen LogP contribution in [0.4, 0.5) is 5.95 Å². The Kier molecular flexibility index (Phi) is 5.50. The lowest BCUT2D eigenvalue weighted by Gasteiger charge is -2.40. The molecular weight excluding hydrogens is 390 g/mol. The molecule has 0 saturated carbocycles. The fourth-order valence-corrected chi connectivity index (χ4v) is 3.09. The van der Waals surface area contributed by atoms with E-state index in [4.69, 9.17) is 24.7 Å². The van der Waals surface area contributed by atoms with Gasteiger partial charge in [-0.2, -0.15) is 4.98 Å². The van der Waals surface area contributed by atoms with Gasteiger partial charge in [-0.1, -0.05) is 0 Å². The van der Waals surface area contributed by atoms with E-state index in [1.165, 1.54) is 17.8 Å². The zero-order valence-electron chi connectivity index (χ0n) is 15.8. The predicted molar refractivity (Wildman–Crippen MR) is 94.2 cm³/mol. The second kappa shape index (κ2) is 7.87. The molecule has 0 bridgehead atoms. The molecule has 3 N–H and O–H groups in total. The van der Waals surface area contributed by atoms with Crippen LogP contribution in [0, 0.1) is 0 Å². The van der Waals surface area contributed by atoms with Crippen LogP contribution in [0.2, 0.25) is 0 Å². The highest BCUT2D eigenvalue weighted by Crippen LogP contribution is 2.32. The molecule has 2 aromatic heterocycles. The van der Waals surface area contributed by atoms with Crippen molar-refractivity contribution in [2.24, 2.45) is 0 Å². The van der Waals surface area contributed by atoms with Crippen molar-refractivity contribution in [3.8, 4) is 0 Å². The van der Waals surface area contributed by atoms with Gasteiger partial charge >= 0.3 is 17.9 Å². The van der Waals surface area contributed by atoms with Crippen LogP contribution in [0.1, 0.15) is 27.0 Å². The summed E-state index contributed by atoms with van der Waals surface area (Å²) in [5.41, 5.74) is 5.09. The molecule has 1 saturated heterocycles. The minimum atomic E-state index is -1.23. The fraction of sp³-hybridized carbons (Fsp3) is 0.500. The topological polar surface area (TPSA) is 178 Å². The SMILES string of the molecule is CC(=O)O[C@@H]1[C@H](OC(C)=O)[C@@H](OC(C)=O)CO[C@H]1n1cnc2c(=O)[nH]c(N)nc21. The Balaban J connectivity index is 2.07. The van der Waals surface area contributed by atoms with E-state index in [2.05, 4.69) is 15.0 Å². The van der Waals surface area contributed by atoms with Crippen molar-refractivity contribution in [3.63, 3.8) is 0 Å². The van der Waals surface area contributed by atoms with Gasteiger partial charge in [-0.15, -0.1) is 0 Å². The van der Waals surface area contributed by atoms with Gasteiger partial charge in [0, 0.05) is 20.8 Å². The van der Waals surface area contributed by atoms with Gasteiger partial charge in [-0.05, 0) is 0 Å². The number of rotatable bonds is 4. The molecule has 0 aromatic carbocycles. The van der Waals surface area contributed by atoms with Crippen LogP contribution < -0.4 is 11.3 Å². The number of imidazole rings is 1. The van der Waals surface area contributed by atoms with Crippen LogP contribution in [-0.2, 0) is 33.3 Å². The number of aromatic amines is 1. The van der Waals surface area contributed by atoms with Gasteiger partial charge in [-0.3, -0.25) is 28.7 Å². The van der Waals surface area contributed by atoms with Crippen molar-refractivity contribution in [1.82, 2.24) is 19.5 Å². The van der Waals surface area contributed by atoms with E-state index >= 15 is 0 Å². The smallest absolute Gasteiger partial charge is 0.303 e. The third kappa shape index (κ3) is 4.18. The van der Waals surface area contributed by atoms with E-state index in [0.717, 1.165) is 13.8 Å². The first-order valence-electron chi connectivity index (χ1n) is 8.53. The number of carbonyl (C=O) groups excluding carboxylic acids is 3. The maximum atomic E-state index is 12.0. The van der Waals surface area contributed by atoms with Gasteiger partial charge in [0.1, 0.15) is 0 Å². The number of carbonyl (C=O) groups is 3. The molecule has 13 nitrogen and oxygen atoms in total. The highest BCUT2D eigenvalue weighted by Gasteiger charge is 2.48. The summed E-state index contributed by atoms with van der Waals surface area (Å²) in [6, 6.07) is 0. The van der Waals surface area contributed by atoms with E-state index in [1.54, 1.807) is 0 Å². The highest BCUT2D eigenvalue weighted by molar-refractivity contribution is 5.71. The van der Waals surface area contributed by atoms with Crippen molar-refractivity contribution < 1.29 is 33.3 Å². The molecule has 3 rings (SSSR count). The van der Waals surface area contributed by atoms with E-state index in [1.807, 2.05) is 0 Å². The van der Waals surface area contributed by atoms with Gasteiger partial charge in [0.25, 0.3) is 5.56 Å². The zero-order chi connectivity index (χ0) is 21.3. The normalized spacial score (nSPS) is 24.1. The second-order valence-corrected chi connectivity index (χ2v) is 6.30. The summed E-state index contributed by atoms with van der Waals surface area (Å²) < 4.78 is 22.8. The van der Waals surface area contributed by atoms with Crippen molar-refractivity contribution in [2.45, 2.75) is 45.3 Å². The predicted octanol–water partition coefficient (Wildman–Crippen LogP) is -0.974. The molecule has 1 aliphatic rings. The maximum Gasteiger partial charge on any atom is 0.303 e. The van der Waals surface area contributed by atoms with Crippen LogP contribution in [0.25, 0.3) is 11.2 Å². The lowest BCUT2D eigenvalue weighted by atomic mass is 10.0. The molecule has 1 fully saturated rings. The van der Waals surface area contributed by atoms with Crippen molar-refractivity contribution >= 4 is 35.0 Å². The Labute approximate surface area is 163 Å². The number of aromatic nitrogens is 4. The number of esters is 3. The Bertz CT molecular complexity index is 1010. The minimum Gasteiger partial charge on any atom is -0.456 e. The molecule has 3 heterocycles. The standard InChI is InChI=1S/C16H19N5O8/c1-6(22)27-9-4-26-15(12(29-8(3)24)11(9)28-7(2)23)21-5-18-10-13(21)19-16(17)20-14(10)25/h5,9,11-12,15H,4H2,1-3H3,(H3,17,19,20,25)/t9-,11+,12+,15+/m0/s1. The molecule has 29 heavy (non-hydrogen) atoms. The van der Waals surface area contributed by atoms with Gasteiger partial charge in [0.15, 0.2) is 35.7 Å². The Morgan fingerprint density at radius 1 is 1.14 bits per heavy atom. The van der Waals surface area contributed by atoms with E-state index in [-0.39, 0.29) is 23.7 Å². The monoisotopic (exact) mass is 409 g/mol. The highest BCUT2D eigenvalue weighted by atomic mass is 16.6. The summed E-state index contributed by atoms with van der Waals surface area (Å²) in [7, 11) is 0. The minimum absolute atomic E-state index is 0.0180. The summed E-state index contributed by atoms with van der Waals surface area (Å²) in [5.74, 6) is -2.17. The first kappa shape index (κ1) is 20.3. The maximum absolute atomic E-state index is 12.0. The lowest BCUT2D eigenvalue weighted by Crippen LogP contribution is -2.55. The number of H-pyrrole nitrogens is 1. The first-order valence-corrected chi connectivity index (χ1v) is 8.53. The van der Waals surface area contributed by atoms with Crippen LogP contribution >= 0.6 is 0 Å². The summed E-state index contributed by atoms with van der Waals surface area (Å²) in [4.78, 5) is 57.2. The molecular formula is C16H19N5O8. The molecule has 0 amide bonds. The van der Waals surface area contributed by atoms with Gasteiger partial charge < -0.3 is 24.7 Å². The molecule has 156 valence electrons. The summed E-state index contributed by atoms with van der Waals surface area (Å²) >= 11 is 0. The molecule has 4 atom stereocenters. The van der Waals surface area contributed by atoms with Gasteiger partial charge in [0.05, 0.1) is 12.9 Å². The van der Waals surface area contributed by atoms with Crippen LogP contribution in [0.3, 0.4) is 0 Å². The average molecular weight is 409 g/mol. The third-order valence-corrected chi connectivity index (χ3v) is 4.05. The molecule has 1 aliphatic heterocycles. The number of nitrogens with zero attached hydrogens (tertiary/aromatic N) is 3. The fourth-order valence-electron chi connectivity index (χ4n) is 3.09. The Hall–Kier alpha value is -3.48. The number of ether oxygens (including phenoxy) is 4. The lowest BCUT2D eigenvalue weighted by molar-refractivity contribution is -0.239. The molecule has 13 heteroatoms. The van der Waals surface area contributed by atoms with E-state index in [9.17, 15) is 19.2 Å². The van der Waals surface area contributed by atoms with Gasteiger partial charge in [-0.25, -0.2) is 4.98 Å². The first-order chi connectivity index (χ1) is 13.7. The number of nitrogens with two attached hydrogens (primary N) is 1. The number of anilines is 1. The molecule has 0 unspecified atom stereocenters. The quantitative estimate of drug-likeness (QED) is 0.468. The summed E-state index contributed by atoms with van der Waals surface area (Å²) in [6.45, 7) is 3.32. The van der Waals surface area contributed by atoms with Crippen molar-refractivity contribution in [1.29, 1.82) is 0 Å². The van der Waals surface area contributed by atoms with Gasteiger partial charge in [0.2, 0.25) is 5.95 Å². The molecule has 2 aromatic rings. The number of fused-ring (bicyclic) bond motifs is 1. The largest absolute Gasteiger partial charge is 0.456 e. The summed E-state index contributed by atoms with van der Waals surface area (Å²) in [5, 5.41) is 0. The van der Waals surface area contributed by atoms with Crippen LogP contribution in [0.5, 0.6) is 0 Å². The Morgan fingerprint density at radius 3 is 2.38 bits per heavy atom. The third-order valence-electron chi connectivity index (χ3n) is 4.05. The number of hydrogen-bond acceptors (Lipinski definition) is 11. The average Bonchev–Trinajstić information content (AvgIpc) is 3.00. The van der Waals surface area contributed by atoms with Crippen molar-refractivity contribution in [3.05, 3.63) is 16.7 Å². The zero-order valence-corrected chi connectivity index (χ0v) is 15.8. The number of hydrogen-bond donors (Lipinski definition) is 2. The molecule has 0 radical (unpaired) electrons. The summed E-state index contributed by atoms with van der Waals surface area (Å²) in [6.07, 6.45) is -3.25. The van der Waals surface area contributed by atoms with Crippen molar-refractivity contribution in [2.75, 3.05) is 12.3 Å². The van der Waals surface area contributed by atoms with E-state index < -0.39 is 48.0 Å². The molecule has 0 aliphatic carbocycles. The van der Waals surface area contributed by atoms with Crippen LogP contribution in [0.15, 0.2) is 11.1 Å². The Morgan fingerprint density at radius 2 is 1.76 bits per heavy atom. The van der Waals surface area contributed by atoms with E-state index in [0.29, 0.717) is 0 Å². The number of nitrogen functional groups attached to an aromatic ring is 1. The number of nitrogens with one attached hydrogen (secondary N) is 1. The van der Waals surface area contributed by atoms with Crippen LogP contribution in [-0.4, -0.2) is 62.3 Å². The second-order valence-electron chi connectivity index (χ2n) is 6.30.